The molecule has 0 bridgehead atoms. The summed E-state index contributed by atoms with van der Waals surface area (Å²) in [5, 5.41) is 5.71. The quantitative estimate of drug-likeness (QED) is 0.376. The molecule has 0 saturated carbocycles. The smallest absolute Gasteiger partial charge is 0.141 e. The van der Waals surface area contributed by atoms with Gasteiger partial charge in [0, 0.05) is 31.4 Å². The summed E-state index contributed by atoms with van der Waals surface area (Å²) in [6.07, 6.45) is 4.99. The van der Waals surface area contributed by atoms with Gasteiger partial charge in [0.25, 0.3) is 0 Å². The zero-order valence-electron chi connectivity index (χ0n) is 17.4. The minimum absolute atomic E-state index is 0.602. The van der Waals surface area contributed by atoms with Crippen LogP contribution < -0.4 is 16.0 Å². The second kappa shape index (κ2) is 9.74. The molecule has 0 spiro atoms. The maximum absolute atomic E-state index is 6.14. The lowest BCUT2D eigenvalue weighted by Gasteiger charge is -2.23. The number of likely N-dealkylation sites (tertiary alicyclic amines) is 1. The van der Waals surface area contributed by atoms with E-state index in [1.807, 2.05) is 17.5 Å². The van der Waals surface area contributed by atoms with Crippen LogP contribution in [0.2, 0.25) is 0 Å². The summed E-state index contributed by atoms with van der Waals surface area (Å²) in [7, 11) is 0. The van der Waals surface area contributed by atoms with Crippen LogP contribution in [0.4, 0.5) is 11.4 Å². The molecule has 1 saturated heterocycles. The molecule has 1 fully saturated rings. The van der Waals surface area contributed by atoms with Crippen molar-refractivity contribution in [1.29, 1.82) is 0 Å². The fraction of sp³-hybridized carbons (Fsp3) is 0.522. The third kappa shape index (κ3) is 5.00. The van der Waals surface area contributed by atoms with Gasteiger partial charge in [-0.2, -0.15) is 0 Å². The van der Waals surface area contributed by atoms with Crippen LogP contribution >= 0.6 is 11.3 Å². The van der Waals surface area contributed by atoms with Crippen molar-refractivity contribution >= 4 is 28.5 Å². The molecule has 3 heterocycles. The predicted octanol–water partition coefficient (Wildman–Crippen LogP) is 3.61. The Labute approximate surface area is 178 Å². The first-order chi connectivity index (χ1) is 14.2. The van der Waals surface area contributed by atoms with Crippen LogP contribution in [0.25, 0.3) is 0 Å². The summed E-state index contributed by atoms with van der Waals surface area (Å²) in [4.78, 5) is 10.8. The van der Waals surface area contributed by atoms with E-state index in [1.165, 1.54) is 43.6 Å². The molecule has 2 aliphatic heterocycles. The molecule has 6 heteroatoms. The van der Waals surface area contributed by atoms with Crippen molar-refractivity contribution in [2.45, 2.75) is 38.6 Å². The molecule has 29 heavy (non-hydrogen) atoms. The topological polar surface area (TPSA) is 56.9 Å². The summed E-state index contributed by atoms with van der Waals surface area (Å²) in [5.41, 5.74) is 9.85. The number of likely N-dealkylation sites (N-methyl/N-ethyl adjacent to an activating group) is 1. The van der Waals surface area contributed by atoms with Crippen LogP contribution in [0, 0.1) is 0 Å². The third-order valence-corrected chi connectivity index (χ3v) is 7.04. The maximum atomic E-state index is 6.14. The molecule has 0 radical (unpaired) electrons. The molecule has 156 valence electrons. The lowest BCUT2D eigenvalue weighted by atomic mass is 10.1. The number of aliphatic imine (C=N–C) groups is 1. The first-order valence-electron chi connectivity index (χ1n) is 11.0. The van der Waals surface area contributed by atoms with Crippen LogP contribution in [0.15, 0.2) is 40.7 Å². The third-order valence-electron chi connectivity index (χ3n) is 6.14. The van der Waals surface area contributed by atoms with E-state index < -0.39 is 0 Å². The van der Waals surface area contributed by atoms with E-state index in [2.05, 4.69) is 45.2 Å². The van der Waals surface area contributed by atoms with Gasteiger partial charge in [-0.3, -0.25) is 4.90 Å². The molecule has 3 N–H and O–H groups in total. The van der Waals surface area contributed by atoms with E-state index >= 15 is 0 Å². The number of thiophene rings is 1. The highest BCUT2D eigenvalue weighted by molar-refractivity contribution is 7.12. The Kier molecular flexibility index (Phi) is 6.85. The van der Waals surface area contributed by atoms with Gasteiger partial charge in [-0.15, -0.1) is 11.3 Å². The van der Waals surface area contributed by atoms with Gasteiger partial charge < -0.3 is 16.0 Å². The first-order valence-corrected chi connectivity index (χ1v) is 11.8. The van der Waals surface area contributed by atoms with Crippen LogP contribution in [0.3, 0.4) is 0 Å². The Bertz CT molecular complexity index is 817. The number of amidine groups is 1. The van der Waals surface area contributed by atoms with Gasteiger partial charge >= 0.3 is 0 Å². The fourth-order valence-corrected chi connectivity index (χ4v) is 5.21. The van der Waals surface area contributed by atoms with Crippen molar-refractivity contribution in [3.63, 3.8) is 0 Å². The van der Waals surface area contributed by atoms with Gasteiger partial charge in [-0.05, 0) is 80.5 Å². The second-order valence-electron chi connectivity index (χ2n) is 8.01. The Hall–Kier alpha value is -1.89. The number of rotatable bonds is 9. The fourth-order valence-electron chi connectivity index (χ4n) is 4.58. The van der Waals surface area contributed by atoms with E-state index in [-0.39, 0.29) is 0 Å². The molecule has 1 aromatic carbocycles. The molecule has 1 aromatic heterocycles. The van der Waals surface area contributed by atoms with Gasteiger partial charge in [-0.25, -0.2) is 4.99 Å². The largest absolute Gasteiger partial charge is 0.383 e. The van der Waals surface area contributed by atoms with Crippen LogP contribution in [-0.4, -0.2) is 56.0 Å². The Balaban J connectivity index is 1.25. The molecule has 0 aliphatic carbocycles. The zero-order valence-corrected chi connectivity index (χ0v) is 18.3. The number of benzene rings is 1. The van der Waals surface area contributed by atoms with Crippen molar-refractivity contribution in [2.75, 3.05) is 44.2 Å². The molecule has 1 atom stereocenters. The highest BCUT2D eigenvalue weighted by Gasteiger charge is 2.22. The van der Waals surface area contributed by atoms with Crippen molar-refractivity contribution in [2.24, 2.45) is 10.7 Å². The van der Waals surface area contributed by atoms with E-state index in [4.69, 9.17) is 5.73 Å². The minimum atomic E-state index is 0.602. The second-order valence-corrected chi connectivity index (χ2v) is 8.95. The van der Waals surface area contributed by atoms with E-state index in [1.54, 1.807) is 11.3 Å². The standard InChI is InChI=1S/C23H33N5S/c1-2-27-12-3-6-20(27)17-25-11-5-13-28-14-10-18-16-19(8-9-21(18)28)26-23(24)22-7-4-15-29-22/h4,7-9,15-16,20,25H,2-3,5-6,10-14,17H2,1H3,(H2,24,26). The van der Waals surface area contributed by atoms with Crippen molar-refractivity contribution in [3.05, 3.63) is 46.2 Å². The summed E-state index contributed by atoms with van der Waals surface area (Å²) in [6, 6.07) is 11.3. The SMILES string of the molecule is CCN1CCCC1CNCCCN1CCc2cc(N=C(N)c3cccs3)ccc21. The number of hydrogen-bond donors (Lipinski definition) is 2. The summed E-state index contributed by atoms with van der Waals surface area (Å²) in [6.45, 7) is 9.19. The molecule has 1 unspecified atom stereocenters. The highest BCUT2D eigenvalue weighted by Crippen LogP contribution is 2.31. The number of fused-ring (bicyclic) bond motifs is 1. The Morgan fingerprint density at radius 2 is 2.24 bits per heavy atom. The van der Waals surface area contributed by atoms with Crippen molar-refractivity contribution in [1.82, 2.24) is 10.2 Å². The summed E-state index contributed by atoms with van der Waals surface area (Å²) < 4.78 is 0. The molecule has 2 aliphatic rings. The normalized spacial score (nSPS) is 19.8. The lowest BCUT2D eigenvalue weighted by Crippen LogP contribution is -2.38. The molecule has 0 amide bonds. The highest BCUT2D eigenvalue weighted by atomic mass is 32.1. The minimum Gasteiger partial charge on any atom is -0.383 e. The summed E-state index contributed by atoms with van der Waals surface area (Å²) in [5.74, 6) is 0.602. The van der Waals surface area contributed by atoms with Gasteiger partial charge in [0.05, 0.1) is 10.6 Å². The summed E-state index contributed by atoms with van der Waals surface area (Å²) >= 11 is 1.63. The van der Waals surface area contributed by atoms with Crippen molar-refractivity contribution < 1.29 is 0 Å². The van der Waals surface area contributed by atoms with E-state index in [9.17, 15) is 0 Å². The molecule has 5 nitrogen and oxygen atoms in total. The molecular formula is C23H33N5S. The van der Waals surface area contributed by atoms with Crippen LogP contribution in [-0.2, 0) is 6.42 Å². The lowest BCUT2D eigenvalue weighted by molar-refractivity contribution is 0.260. The molecule has 2 aromatic rings. The molecular weight excluding hydrogens is 378 g/mol. The monoisotopic (exact) mass is 411 g/mol. The predicted molar refractivity (Wildman–Crippen MR) is 125 cm³/mol. The van der Waals surface area contributed by atoms with Gasteiger partial charge in [-0.1, -0.05) is 13.0 Å². The van der Waals surface area contributed by atoms with E-state index in [0.29, 0.717) is 5.84 Å². The first kappa shape index (κ1) is 20.4. The number of nitrogens with one attached hydrogen (secondary N) is 1. The van der Waals surface area contributed by atoms with Crippen LogP contribution in [0.1, 0.15) is 36.6 Å². The van der Waals surface area contributed by atoms with Gasteiger partial charge in [0.1, 0.15) is 5.84 Å². The average Bonchev–Trinajstić information content (AvgIpc) is 3.48. The maximum Gasteiger partial charge on any atom is 0.141 e. The Morgan fingerprint density at radius 1 is 1.31 bits per heavy atom. The van der Waals surface area contributed by atoms with E-state index in [0.717, 1.165) is 49.2 Å². The van der Waals surface area contributed by atoms with Crippen LogP contribution in [0.5, 0.6) is 0 Å². The number of hydrogen-bond acceptors (Lipinski definition) is 5. The van der Waals surface area contributed by atoms with Crippen molar-refractivity contribution in [3.8, 4) is 0 Å². The average molecular weight is 412 g/mol. The number of nitrogens with two attached hydrogens (primary N) is 1. The Morgan fingerprint density at radius 3 is 3.07 bits per heavy atom. The van der Waals surface area contributed by atoms with Gasteiger partial charge in [0.2, 0.25) is 0 Å². The van der Waals surface area contributed by atoms with Gasteiger partial charge in [0.15, 0.2) is 0 Å². The molecule has 4 rings (SSSR count). The zero-order chi connectivity index (χ0) is 20.1. The number of anilines is 1. The number of nitrogens with zero attached hydrogens (tertiary/aromatic N) is 3.